The van der Waals surface area contributed by atoms with Gasteiger partial charge in [-0.3, -0.25) is 9.59 Å². The molecule has 2 aromatic carbocycles. The number of hydrogen-bond acceptors (Lipinski definition) is 3. The zero-order chi connectivity index (χ0) is 19.4. The number of amides is 2. The van der Waals surface area contributed by atoms with Crippen molar-refractivity contribution in [2.45, 2.75) is 20.3 Å². The van der Waals surface area contributed by atoms with Crippen LogP contribution in [0.25, 0.3) is 0 Å². The largest absolute Gasteiger partial charge is 0.497 e. The predicted octanol–water partition coefficient (Wildman–Crippen LogP) is 3.30. The fourth-order valence-electron chi connectivity index (χ4n) is 3.32. The summed E-state index contributed by atoms with van der Waals surface area (Å²) in [5, 5.41) is 0. The molecule has 5 heteroatoms. The van der Waals surface area contributed by atoms with Crippen molar-refractivity contribution in [1.82, 2.24) is 9.80 Å². The van der Waals surface area contributed by atoms with Gasteiger partial charge in [0.2, 0.25) is 0 Å². The molecule has 1 saturated heterocycles. The number of nitrogens with zero attached hydrogens (tertiary/aromatic N) is 2. The quantitative estimate of drug-likeness (QED) is 0.837. The minimum Gasteiger partial charge on any atom is -0.497 e. The van der Waals surface area contributed by atoms with Crippen molar-refractivity contribution in [1.29, 1.82) is 0 Å². The van der Waals surface area contributed by atoms with Crippen LogP contribution in [0.3, 0.4) is 0 Å². The first kappa shape index (κ1) is 19.0. The van der Waals surface area contributed by atoms with Crippen molar-refractivity contribution in [3.63, 3.8) is 0 Å². The molecule has 27 heavy (non-hydrogen) atoms. The van der Waals surface area contributed by atoms with Gasteiger partial charge in [-0.2, -0.15) is 0 Å². The fourth-order valence-corrected chi connectivity index (χ4v) is 3.32. The van der Waals surface area contributed by atoms with Crippen LogP contribution in [0.4, 0.5) is 0 Å². The first-order chi connectivity index (χ1) is 13.0. The maximum atomic E-state index is 12.9. The van der Waals surface area contributed by atoms with Crippen LogP contribution in [0, 0.1) is 13.8 Å². The van der Waals surface area contributed by atoms with E-state index in [-0.39, 0.29) is 11.8 Å². The highest BCUT2D eigenvalue weighted by Gasteiger charge is 2.24. The Morgan fingerprint density at radius 1 is 0.815 bits per heavy atom. The average molecular weight is 366 g/mol. The van der Waals surface area contributed by atoms with E-state index >= 15 is 0 Å². The number of ether oxygens (including phenoxy) is 1. The molecule has 2 aromatic rings. The number of carbonyl (C=O) groups is 2. The van der Waals surface area contributed by atoms with E-state index < -0.39 is 0 Å². The SMILES string of the molecule is COc1cccc(C(=O)N2CCCN(C(=O)c3ccc(C)c(C)c3)CC2)c1. The van der Waals surface area contributed by atoms with Crippen LogP contribution >= 0.6 is 0 Å². The molecule has 0 aliphatic carbocycles. The molecule has 1 heterocycles. The molecular weight excluding hydrogens is 340 g/mol. The van der Waals surface area contributed by atoms with Crippen LogP contribution in [-0.4, -0.2) is 54.9 Å². The van der Waals surface area contributed by atoms with Gasteiger partial charge in [0, 0.05) is 37.3 Å². The summed E-state index contributed by atoms with van der Waals surface area (Å²) < 4.78 is 5.21. The standard InChI is InChI=1S/C22H26N2O3/c1-16-8-9-19(14-17(16)2)22(26)24-11-5-10-23(12-13-24)21(25)18-6-4-7-20(15-18)27-3/h4,6-9,14-15H,5,10-13H2,1-3H3. The Hall–Kier alpha value is -2.82. The maximum Gasteiger partial charge on any atom is 0.254 e. The number of methoxy groups -OCH3 is 1. The summed E-state index contributed by atoms with van der Waals surface area (Å²) in [6, 6.07) is 13.0. The van der Waals surface area contributed by atoms with Crippen molar-refractivity contribution < 1.29 is 14.3 Å². The second-order valence-electron chi connectivity index (χ2n) is 6.97. The third kappa shape index (κ3) is 4.30. The smallest absolute Gasteiger partial charge is 0.254 e. The van der Waals surface area contributed by atoms with E-state index in [1.54, 1.807) is 19.2 Å². The van der Waals surface area contributed by atoms with E-state index in [9.17, 15) is 9.59 Å². The van der Waals surface area contributed by atoms with Crippen molar-refractivity contribution in [3.05, 3.63) is 64.7 Å². The maximum absolute atomic E-state index is 12.9. The Morgan fingerprint density at radius 3 is 2.04 bits per heavy atom. The number of carbonyl (C=O) groups excluding carboxylic acids is 2. The van der Waals surface area contributed by atoms with Crippen molar-refractivity contribution in [2.24, 2.45) is 0 Å². The molecule has 0 radical (unpaired) electrons. The summed E-state index contributed by atoms with van der Waals surface area (Å²) in [4.78, 5) is 29.3. The van der Waals surface area contributed by atoms with Crippen molar-refractivity contribution in [3.8, 4) is 5.75 Å². The fraction of sp³-hybridized carbons (Fsp3) is 0.364. The lowest BCUT2D eigenvalue weighted by Crippen LogP contribution is -2.37. The molecule has 0 bridgehead atoms. The van der Waals surface area contributed by atoms with Gasteiger partial charge in [-0.15, -0.1) is 0 Å². The summed E-state index contributed by atoms with van der Waals surface area (Å²) in [5.74, 6) is 0.686. The lowest BCUT2D eigenvalue weighted by Gasteiger charge is -2.22. The first-order valence-electron chi connectivity index (χ1n) is 9.29. The molecule has 0 aromatic heterocycles. The van der Waals surface area contributed by atoms with E-state index in [1.165, 1.54) is 5.56 Å². The second kappa shape index (κ2) is 8.25. The average Bonchev–Trinajstić information content (AvgIpc) is 2.95. The monoisotopic (exact) mass is 366 g/mol. The molecule has 1 aliphatic heterocycles. The Balaban J connectivity index is 1.68. The van der Waals surface area contributed by atoms with Crippen LogP contribution in [0.5, 0.6) is 5.75 Å². The van der Waals surface area contributed by atoms with Gasteiger partial charge in [0.15, 0.2) is 0 Å². The highest BCUT2D eigenvalue weighted by atomic mass is 16.5. The Morgan fingerprint density at radius 2 is 1.44 bits per heavy atom. The van der Waals surface area contributed by atoms with Crippen LogP contribution in [0.2, 0.25) is 0 Å². The van der Waals surface area contributed by atoms with E-state index in [0.29, 0.717) is 43.1 Å². The van der Waals surface area contributed by atoms with E-state index in [0.717, 1.165) is 12.0 Å². The molecule has 5 nitrogen and oxygen atoms in total. The lowest BCUT2D eigenvalue weighted by molar-refractivity contribution is 0.0718. The van der Waals surface area contributed by atoms with E-state index in [4.69, 9.17) is 4.74 Å². The third-order valence-electron chi connectivity index (χ3n) is 5.14. The molecule has 2 amide bonds. The summed E-state index contributed by atoms with van der Waals surface area (Å²) in [7, 11) is 1.59. The summed E-state index contributed by atoms with van der Waals surface area (Å²) in [6.07, 6.45) is 0.770. The molecular formula is C22H26N2O3. The minimum atomic E-state index is -0.0191. The Kier molecular flexibility index (Phi) is 5.79. The van der Waals surface area contributed by atoms with Gasteiger partial charge in [0.1, 0.15) is 5.75 Å². The van der Waals surface area contributed by atoms with Crippen molar-refractivity contribution >= 4 is 11.8 Å². The summed E-state index contributed by atoms with van der Waals surface area (Å²) in [5.41, 5.74) is 3.62. The van der Waals surface area contributed by atoms with E-state index in [1.807, 2.05) is 54.0 Å². The van der Waals surface area contributed by atoms with Crippen LogP contribution < -0.4 is 4.74 Å². The predicted molar refractivity (Wildman–Crippen MR) is 105 cm³/mol. The molecule has 1 fully saturated rings. The van der Waals surface area contributed by atoms with Gasteiger partial charge in [-0.05, 0) is 61.7 Å². The normalized spacial score (nSPS) is 14.6. The molecule has 0 unspecified atom stereocenters. The number of benzene rings is 2. The van der Waals surface area contributed by atoms with Gasteiger partial charge >= 0.3 is 0 Å². The number of aryl methyl sites for hydroxylation is 2. The zero-order valence-corrected chi connectivity index (χ0v) is 16.2. The second-order valence-corrected chi connectivity index (χ2v) is 6.97. The van der Waals surface area contributed by atoms with Crippen LogP contribution in [0.1, 0.15) is 38.3 Å². The summed E-state index contributed by atoms with van der Waals surface area (Å²) >= 11 is 0. The van der Waals surface area contributed by atoms with Gasteiger partial charge < -0.3 is 14.5 Å². The highest BCUT2D eigenvalue weighted by molar-refractivity contribution is 5.96. The van der Waals surface area contributed by atoms with Gasteiger partial charge in [-0.25, -0.2) is 0 Å². The molecule has 0 saturated carbocycles. The van der Waals surface area contributed by atoms with E-state index in [2.05, 4.69) is 0 Å². The molecule has 0 spiro atoms. The van der Waals surface area contributed by atoms with Crippen LogP contribution in [-0.2, 0) is 0 Å². The number of rotatable bonds is 3. The number of hydrogen-bond donors (Lipinski definition) is 0. The molecule has 0 N–H and O–H groups in total. The Bertz CT molecular complexity index is 847. The molecule has 3 rings (SSSR count). The highest BCUT2D eigenvalue weighted by Crippen LogP contribution is 2.17. The Labute approximate surface area is 160 Å². The topological polar surface area (TPSA) is 49.9 Å². The molecule has 0 atom stereocenters. The lowest BCUT2D eigenvalue weighted by atomic mass is 10.1. The summed E-state index contributed by atoms with van der Waals surface area (Å²) in [6.45, 7) is 6.44. The zero-order valence-electron chi connectivity index (χ0n) is 16.2. The minimum absolute atomic E-state index is 0.0191. The third-order valence-corrected chi connectivity index (χ3v) is 5.14. The van der Waals surface area contributed by atoms with Gasteiger partial charge in [-0.1, -0.05) is 12.1 Å². The van der Waals surface area contributed by atoms with Gasteiger partial charge in [0.05, 0.1) is 7.11 Å². The first-order valence-corrected chi connectivity index (χ1v) is 9.29. The van der Waals surface area contributed by atoms with Crippen molar-refractivity contribution in [2.75, 3.05) is 33.3 Å². The molecule has 142 valence electrons. The molecule has 1 aliphatic rings. The van der Waals surface area contributed by atoms with Crippen LogP contribution in [0.15, 0.2) is 42.5 Å². The van der Waals surface area contributed by atoms with Gasteiger partial charge in [0.25, 0.3) is 11.8 Å².